The second-order valence-corrected chi connectivity index (χ2v) is 9.02. The summed E-state index contributed by atoms with van der Waals surface area (Å²) in [5, 5.41) is 2.78. The molecule has 3 aromatic carbocycles. The standard InChI is InChI=1S/C24H26N2O4S/c1-3-30-22-12-14-23(15-13-22)31(28,29)26(17-20-9-5-4-6-10-20)18-24(27)25-21-11-7-8-19(2)16-21/h4-16H,3,17-18H2,1-2H3,(H,25,27). The van der Waals surface area contributed by atoms with Crippen molar-refractivity contribution < 1.29 is 17.9 Å². The lowest BCUT2D eigenvalue weighted by molar-refractivity contribution is -0.116. The molecule has 0 atom stereocenters. The number of hydrogen-bond donors (Lipinski definition) is 1. The molecule has 31 heavy (non-hydrogen) atoms. The number of nitrogens with zero attached hydrogens (tertiary/aromatic N) is 1. The number of benzene rings is 3. The molecule has 3 aromatic rings. The molecular formula is C24H26N2O4S. The summed E-state index contributed by atoms with van der Waals surface area (Å²) in [5.74, 6) is 0.185. The summed E-state index contributed by atoms with van der Waals surface area (Å²) in [6.07, 6.45) is 0. The third-order valence-electron chi connectivity index (χ3n) is 4.60. The van der Waals surface area contributed by atoms with Gasteiger partial charge in [-0.3, -0.25) is 4.79 Å². The van der Waals surface area contributed by atoms with Gasteiger partial charge < -0.3 is 10.1 Å². The van der Waals surface area contributed by atoms with E-state index in [2.05, 4.69) is 5.32 Å². The van der Waals surface area contributed by atoms with Crippen LogP contribution in [0.5, 0.6) is 5.75 Å². The zero-order valence-electron chi connectivity index (χ0n) is 17.6. The van der Waals surface area contributed by atoms with Gasteiger partial charge >= 0.3 is 0 Å². The van der Waals surface area contributed by atoms with Crippen molar-refractivity contribution in [1.82, 2.24) is 4.31 Å². The predicted molar refractivity (Wildman–Crippen MR) is 121 cm³/mol. The van der Waals surface area contributed by atoms with Crippen molar-refractivity contribution in [2.45, 2.75) is 25.3 Å². The van der Waals surface area contributed by atoms with Crippen LogP contribution in [0.3, 0.4) is 0 Å². The molecule has 0 radical (unpaired) electrons. The Hall–Kier alpha value is -3.16. The van der Waals surface area contributed by atoms with Gasteiger partial charge in [0.2, 0.25) is 15.9 Å². The van der Waals surface area contributed by atoms with Crippen LogP contribution in [0, 0.1) is 6.92 Å². The number of carbonyl (C=O) groups excluding carboxylic acids is 1. The van der Waals surface area contributed by atoms with Crippen molar-refractivity contribution in [3.8, 4) is 5.75 Å². The SMILES string of the molecule is CCOc1ccc(S(=O)(=O)N(CC(=O)Nc2cccc(C)c2)Cc2ccccc2)cc1. The molecule has 0 heterocycles. The minimum absolute atomic E-state index is 0.0810. The molecule has 1 amide bonds. The molecule has 162 valence electrons. The van der Waals surface area contributed by atoms with Crippen molar-refractivity contribution in [3.63, 3.8) is 0 Å². The van der Waals surface area contributed by atoms with Crippen LogP contribution in [-0.2, 0) is 21.4 Å². The zero-order valence-corrected chi connectivity index (χ0v) is 18.4. The molecule has 1 N–H and O–H groups in total. The van der Waals surface area contributed by atoms with Crippen LogP contribution in [0.25, 0.3) is 0 Å². The maximum Gasteiger partial charge on any atom is 0.243 e. The lowest BCUT2D eigenvalue weighted by atomic mass is 10.2. The number of amides is 1. The van der Waals surface area contributed by atoms with Gasteiger partial charge in [-0.15, -0.1) is 0 Å². The van der Waals surface area contributed by atoms with E-state index in [4.69, 9.17) is 4.74 Å². The Morgan fingerprint density at radius 3 is 2.32 bits per heavy atom. The number of hydrogen-bond acceptors (Lipinski definition) is 4. The Morgan fingerprint density at radius 1 is 0.968 bits per heavy atom. The Bertz CT molecular complexity index is 1110. The fraction of sp³-hybridized carbons (Fsp3) is 0.208. The predicted octanol–water partition coefficient (Wildman–Crippen LogP) is 4.22. The molecule has 0 saturated heterocycles. The van der Waals surface area contributed by atoms with Crippen LogP contribution in [0.1, 0.15) is 18.1 Å². The first-order chi connectivity index (χ1) is 14.9. The lowest BCUT2D eigenvalue weighted by Crippen LogP contribution is -2.37. The number of aryl methyl sites for hydroxylation is 1. The van der Waals surface area contributed by atoms with Gasteiger partial charge in [0.15, 0.2) is 0 Å². The molecule has 0 fully saturated rings. The third-order valence-corrected chi connectivity index (χ3v) is 6.40. The lowest BCUT2D eigenvalue weighted by Gasteiger charge is -2.22. The monoisotopic (exact) mass is 438 g/mol. The van der Waals surface area contributed by atoms with Gasteiger partial charge in [0.1, 0.15) is 5.75 Å². The molecule has 0 saturated carbocycles. The quantitative estimate of drug-likeness (QED) is 0.543. The van der Waals surface area contributed by atoms with E-state index in [1.165, 1.54) is 16.4 Å². The van der Waals surface area contributed by atoms with E-state index in [-0.39, 0.29) is 18.0 Å². The smallest absolute Gasteiger partial charge is 0.243 e. The fourth-order valence-corrected chi connectivity index (χ4v) is 4.50. The second kappa shape index (κ2) is 10.2. The van der Waals surface area contributed by atoms with E-state index >= 15 is 0 Å². The average molecular weight is 439 g/mol. The summed E-state index contributed by atoms with van der Waals surface area (Å²) in [7, 11) is -3.91. The number of ether oxygens (including phenoxy) is 1. The van der Waals surface area contributed by atoms with E-state index in [9.17, 15) is 13.2 Å². The minimum atomic E-state index is -3.91. The van der Waals surface area contributed by atoms with Gasteiger partial charge in [0, 0.05) is 12.2 Å². The Balaban J connectivity index is 1.85. The number of nitrogens with one attached hydrogen (secondary N) is 1. The molecule has 3 rings (SSSR count). The molecule has 6 nitrogen and oxygen atoms in total. The topological polar surface area (TPSA) is 75.7 Å². The van der Waals surface area contributed by atoms with E-state index in [0.29, 0.717) is 18.0 Å². The highest BCUT2D eigenvalue weighted by Gasteiger charge is 2.27. The van der Waals surface area contributed by atoms with E-state index in [1.807, 2.05) is 62.4 Å². The Kier molecular flexibility index (Phi) is 7.44. The van der Waals surface area contributed by atoms with E-state index < -0.39 is 15.9 Å². The van der Waals surface area contributed by atoms with Crippen molar-refractivity contribution in [2.24, 2.45) is 0 Å². The largest absolute Gasteiger partial charge is 0.494 e. The van der Waals surface area contributed by atoms with Gasteiger partial charge in [-0.2, -0.15) is 4.31 Å². The molecule has 0 aliphatic rings. The first kappa shape index (κ1) is 22.5. The molecule has 0 aliphatic carbocycles. The van der Waals surface area contributed by atoms with Crippen LogP contribution >= 0.6 is 0 Å². The Labute approximate surface area is 183 Å². The Morgan fingerprint density at radius 2 is 1.68 bits per heavy atom. The van der Waals surface area contributed by atoms with Crippen molar-refractivity contribution in [3.05, 3.63) is 90.0 Å². The van der Waals surface area contributed by atoms with Gasteiger partial charge in [-0.1, -0.05) is 42.5 Å². The molecule has 0 aliphatic heterocycles. The highest BCUT2D eigenvalue weighted by molar-refractivity contribution is 7.89. The van der Waals surface area contributed by atoms with Crippen LogP contribution in [0.15, 0.2) is 83.8 Å². The molecular weight excluding hydrogens is 412 g/mol. The van der Waals surface area contributed by atoms with Crippen molar-refractivity contribution >= 4 is 21.6 Å². The number of rotatable bonds is 9. The molecule has 7 heteroatoms. The van der Waals surface area contributed by atoms with Crippen LogP contribution in [0.4, 0.5) is 5.69 Å². The summed E-state index contributed by atoms with van der Waals surface area (Å²) < 4.78 is 33.3. The molecule has 0 spiro atoms. The van der Waals surface area contributed by atoms with Crippen molar-refractivity contribution in [1.29, 1.82) is 0 Å². The molecule has 0 unspecified atom stereocenters. The number of anilines is 1. The first-order valence-corrected chi connectivity index (χ1v) is 11.5. The summed E-state index contributed by atoms with van der Waals surface area (Å²) in [6, 6.07) is 22.8. The normalized spacial score (nSPS) is 11.3. The average Bonchev–Trinajstić information content (AvgIpc) is 2.74. The highest BCUT2D eigenvalue weighted by atomic mass is 32.2. The summed E-state index contributed by atoms with van der Waals surface area (Å²) in [6.45, 7) is 4.05. The van der Waals surface area contributed by atoms with Gasteiger partial charge in [-0.25, -0.2) is 8.42 Å². The van der Waals surface area contributed by atoms with Crippen LogP contribution in [0.2, 0.25) is 0 Å². The molecule has 0 bridgehead atoms. The number of sulfonamides is 1. The highest BCUT2D eigenvalue weighted by Crippen LogP contribution is 2.22. The first-order valence-electron chi connectivity index (χ1n) is 10.0. The molecule has 0 aromatic heterocycles. The second-order valence-electron chi connectivity index (χ2n) is 7.08. The van der Waals surface area contributed by atoms with Gasteiger partial charge in [-0.05, 0) is 61.4 Å². The van der Waals surface area contributed by atoms with E-state index in [0.717, 1.165) is 11.1 Å². The zero-order chi connectivity index (χ0) is 22.3. The minimum Gasteiger partial charge on any atom is -0.494 e. The van der Waals surface area contributed by atoms with Gasteiger partial charge in [0.25, 0.3) is 0 Å². The maximum absolute atomic E-state index is 13.4. The fourth-order valence-electron chi connectivity index (χ4n) is 3.12. The third kappa shape index (κ3) is 6.16. The maximum atomic E-state index is 13.4. The summed E-state index contributed by atoms with van der Waals surface area (Å²) in [5.41, 5.74) is 2.42. The van der Waals surface area contributed by atoms with E-state index in [1.54, 1.807) is 18.2 Å². The van der Waals surface area contributed by atoms with Crippen LogP contribution in [-0.4, -0.2) is 31.8 Å². The summed E-state index contributed by atoms with van der Waals surface area (Å²) in [4.78, 5) is 12.8. The van der Waals surface area contributed by atoms with Crippen LogP contribution < -0.4 is 10.1 Å². The van der Waals surface area contributed by atoms with Crippen molar-refractivity contribution in [2.75, 3.05) is 18.5 Å². The van der Waals surface area contributed by atoms with Gasteiger partial charge in [0.05, 0.1) is 18.0 Å². The summed E-state index contributed by atoms with van der Waals surface area (Å²) >= 11 is 0. The number of carbonyl (C=O) groups is 1.